The molecule has 0 saturated carbocycles. The van der Waals surface area contributed by atoms with Gasteiger partial charge in [-0.2, -0.15) is 13.2 Å². The Morgan fingerprint density at radius 2 is 1.75 bits per heavy atom. The lowest BCUT2D eigenvalue weighted by Crippen LogP contribution is -2.47. The zero-order valence-electron chi connectivity index (χ0n) is 17.1. The van der Waals surface area contributed by atoms with Gasteiger partial charge in [-0.1, -0.05) is 12.1 Å². The molecule has 0 atom stereocenters. The van der Waals surface area contributed by atoms with Crippen LogP contribution in [-0.4, -0.2) is 21.7 Å². The molecule has 0 aliphatic heterocycles. The summed E-state index contributed by atoms with van der Waals surface area (Å²) in [4.78, 5) is 17.1. The van der Waals surface area contributed by atoms with E-state index in [4.69, 9.17) is 4.74 Å². The number of aliphatic hydroxyl groups excluding tert-OH is 1. The Morgan fingerprint density at radius 3 is 2.28 bits per heavy atom. The van der Waals surface area contributed by atoms with Crippen LogP contribution < -0.4 is 9.84 Å². The van der Waals surface area contributed by atoms with Gasteiger partial charge in [-0.25, -0.2) is 4.98 Å². The number of carbonyl (C=O) groups is 1. The number of aliphatic carboxylic acids is 1. The summed E-state index contributed by atoms with van der Waals surface area (Å²) < 4.78 is 43.7. The number of carboxylic acids is 1. The van der Waals surface area contributed by atoms with Crippen molar-refractivity contribution >= 4 is 29.1 Å². The van der Waals surface area contributed by atoms with Crippen LogP contribution in [0.2, 0.25) is 0 Å². The molecule has 1 N–H and O–H groups in total. The molecule has 0 amide bonds. The lowest BCUT2D eigenvalue weighted by atomic mass is 10.1. The van der Waals surface area contributed by atoms with Crippen LogP contribution in [0.5, 0.6) is 5.75 Å². The minimum absolute atomic E-state index is 0.280. The maximum atomic E-state index is 12.8. The Labute approximate surface area is 190 Å². The lowest BCUT2D eigenvalue weighted by Gasteiger charge is -2.27. The predicted octanol–water partition coefficient (Wildman–Crippen LogP) is 4.52. The molecule has 1 heterocycles. The highest BCUT2D eigenvalue weighted by atomic mass is 32.2. The number of carboxylic acid groups (broad SMARTS) is 1. The van der Waals surface area contributed by atoms with Crippen molar-refractivity contribution in [3.63, 3.8) is 0 Å². The van der Waals surface area contributed by atoms with Crippen molar-refractivity contribution in [1.82, 2.24) is 4.98 Å². The Bertz CT molecular complexity index is 1080. The van der Waals surface area contributed by atoms with Gasteiger partial charge in [0, 0.05) is 21.1 Å². The number of carbonyl (C=O) groups excluding carboxylic acids is 1. The monoisotopic (exact) mass is 482 g/mol. The maximum Gasteiger partial charge on any atom is 0.416 e. The van der Waals surface area contributed by atoms with Gasteiger partial charge in [0.2, 0.25) is 0 Å². The quantitative estimate of drug-likeness (QED) is 0.476. The molecule has 2 aromatic carbocycles. The Kier molecular flexibility index (Phi) is 7.16. The van der Waals surface area contributed by atoms with Crippen LogP contribution in [0.15, 0.2) is 53.4 Å². The average Bonchev–Trinajstić information content (AvgIpc) is 3.16. The largest absolute Gasteiger partial charge is 0.546 e. The number of rotatable bonds is 8. The fraction of sp³-hybridized carbons (Fsp3) is 0.273. The molecule has 0 aliphatic rings. The molecule has 0 aliphatic carbocycles. The summed E-state index contributed by atoms with van der Waals surface area (Å²) in [6.07, 6.45) is -4.40. The van der Waals surface area contributed by atoms with E-state index in [9.17, 15) is 28.2 Å². The van der Waals surface area contributed by atoms with Crippen LogP contribution in [0.1, 0.15) is 30.0 Å². The minimum atomic E-state index is -4.40. The van der Waals surface area contributed by atoms with Crippen LogP contribution in [-0.2, 0) is 23.3 Å². The third-order valence-electron chi connectivity index (χ3n) is 4.45. The fourth-order valence-electron chi connectivity index (χ4n) is 2.63. The van der Waals surface area contributed by atoms with Crippen molar-refractivity contribution in [2.45, 2.75) is 42.9 Å². The van der Waals surface area contributed by atoms with Crippen molar-refractivity contribution in [3.05, 3.63) is 64.7 Å². The van der Waals surface area contributed by atoms with Crippen molar-refractivity contribution < 1.29 is 32.9 Å². The summed E-state index contributed by atoms with van der Waals surface area (Å²) in [6.45, 7) is 2.52. The molecule has 3 aromatic rings. The van der Waals surface area contributed by atoms with Crippen LogP contribution >= 0.6 is 23.1 Å². The van der Waals surface area contributed by atoms with Crippen LogP contribution in [0.4, 0.5) is 13.2 Å². The average molecular weight is 483 g/mol. The second-order valence-corrected chi connectivity index (χ2v) is 9.41. The Morgan fingerprint density at radius 1 is 1.12 bits per heavy atom. The van der Waals surface area contributed by atoms with E-state index in [0.29, 0.717) is 27.8 Å². The second kappa shape index (κ2) is 9.51. The lowest BCUT2D eigenvalue weighted by molar-refractivity contribution is -0.320. The predicted molar refractivity (Wildman–Crippen MR) is 114 cm³/mol. The smallest absolute Gasteiger partial charge is 0.416 e. The zero-order valence-corrected chi connectivity index (χ0v) is 18.7. The van der Waals surface area contributed by atoms with Gasteiger partial charge in [0.25, 0.3) is 0 Å². The molecular weight excluding hydrogens is 463 g/mol. The maximum absolute atomic E-state index is 12.8. The highest BCUT2D eigenvalue weighted by Gasteiger charge is 2.30. The van der Waals surface area contributed by atoms with Gasteiger partial charge in [-0.15, -0.1) is 23.1 Å². The molecule has 10 heteroatoms. The summed E-state index contributed by atoms with van der Waals surface area (Å²) >= 11 is 2.79. The number of hydrogen-bond acceptors (Lipinski definition) is 7. The Hall–Kier alpha value is -2.56. The molecule has 170 valence electrons. The van der Waals surface area contributed by atoms with Gasteiger partial charge in [0.1, 0.15) is 16.4 Å². The number of hydrogen-bond donors (Lipinski definition) is 1. The number of nitrogens with zero attached hydrogens (tertiary/aromatic N) is 1. The molecule has 0 fully saturated rings. The van der Waals surface area contributed by atoms with Crippen LogP contribution in [0.25, 0.3) is 10.6 Å². The Balaban J connectivity index is 1.69. The number of ether oxygens (including phenoxy) is 1. The second-order valence-electron chi connectivity index (χ2n) is 7.28. The summed E-state index contributed by atoms with van der Waals surface area (Å²) in [5, 5.41) is 21.2. The van der Waals surface area contributed by atoms with Crippen molar-refractivity contribution in [2.75, 3.05) is 0 Å². The van der Waals surface area contributed by atoms with Crippen molar-refractivity contribution in [3.8, 4) is 16.3 Å². The molecule has 3 rings (SSSR count). The first-order valence-electron chi connectivity index (χ1n) is 9.40. The van der Waals surface area contributed by atoms with E-state index in [1.807, 2.05) is 0 Å². The van der Waals surface area contributed by atoms with Gasteiger partial charge in [-0.3, -0.25) is 0 Å². The van der Waals surface area contributed by atoms with Crippen LogP contribution in [0.3, 0.4) is 0 Å². The first-order chi connectivity index (χ1) is 15.0. The third kappa shape index (κ3) is 5.81. The number of aromatic nitrogens is 1. The topological polar surface area (TPSA) is 82.5 Å². The first kappa shape index (κ1) is 24.1. The number of halogens is 3. The molecule has 0 spiro atoms. The number of aliphatic hydroxyl groups is 1. The van der Waals surface area contributed by atoms with Gasteiger partial charge in [0.15, 0.2) is 0 Å². The fourth-order valence-corrected chi connectivity index (χ4v) is 4.71. The van der Waals surface area contributed by atoms with E-state index in [0.717, 1.165) is 21.9 Å². The number of thioether (sulfide) groups is 1. The van der Waals surface area contributed by atoms with E-state index in [-0.39, 0.29) is 6.61 Å². The van der Waals surface area contributed by atoms with E-state index in [1.54, 1.807) is 24.3 Å². The third-order valence-corrected chi connectivity index (χ3v) is 6.81. The number of benzene rings is 2. The molecule has 0 saturated heterocycles. The molecular formula is C22H19F3NO4S2-. The number of alkyl halides is 3. The molecule has 32 heavy (non-hydrogen) atoms. The summed E-state index contributed by atoms with van der Waals surface area (Å²) in [6, 6.07) is 11.6. The van der Waals surface area contributed by atoms with Gasteiger partial charge < -0.3 is 19.7 Å². The van der Waals surface area contributed by atoms with E-state index < -0.39 is 23.3 Å². The zero-order chi connectivity index (χ0) is 23.5. The summed E-state index contributed by atoms with van der Waals surface area (Å²) in [5.74, 6) is -0.428. The summed E-state index contributed by atoms with van der Waals surface area (Å²) in [7, 11) is 0. The van der Waals surface area contributed by atoms with Crippen molar-refractivity contribution in [2.24, 2.45) is 0 Å². The highest BCUT2D eigenvalue weighted by Crippen LogP contribution is 2.35. The molecule has 1 aromatic heterocycles. The van der Waals surface area contributed by atoms with Gasteiger partial charge in [0.05, 0.1) is 23.8 Å². The van der Waals surface area contributed by atoms with E-state index >= 15 is 0 Å². The van der Waals surface area contributed by atoms with Crippen molar-refractivity contribution in [1.29, 1.82) is 0 Å². The highest BCUT2D eigenvalue weighted by molar-refractivity contribution is 7.98. The molecule has 0 bridgehead atoms. The standard InChI is InChI=1S/C22H20F3NO4S2/c1-21(2,20(28)29)30-15-7-9-16(10-8-15)31-12-18-17(11-27)26-19(32-18)13-3-5-14(6-4-13)22(23,24)25/h3-10,27H,11-12H2,1-2H3,(H,28,29)/p-1. The van der Waals surface area contributed by atoms with E-state index in [1.165, 1.54) is 49.1 Å². The summed E-state index contributed by atoms with van der Waals surface area (Å²) in [5.41, 5.74) is -1.16. The molecule has 5 nitrogen and oxygen atoms in total. The molecule has 0 unspecified atom stereocenters. The molecule has 0 radical (unpaired) electrons. The minimum Gasteiger partial charge on any atom is -0.546 e. The van der Waals surface area contributed by atoms with E-state index in [2.05, 4.69) is 4.98 Å². The number of thiazole rings is 1. The van der Waals surface area contributed by atoms with Crippen LogP contribution in [0, 0.1) is 0 Å². The normalized spacial score (nSPS) is 12.1. The SMILES string of the molecule is CC(C)(Oc1ccc(SCc2sc(-c3ccc(C(F)(F)F)cc3)nc2CO)cc1)C(=O)[O-]. The van der Waals surface area contributed by atoms with Gasteiger partial charge >= 0.3 is 6.18 Å². The first-order valence-corrected chi connectivity index (χ1v) is 11.2. The van der Waals surface area contributed by atoms with Gasteiger partial charge in [-0.05, 0) is 50.2 Å².